The van der Waals surface area contributed by atoms with Crippen LogP contribution in [0.5, 0.6) is 11.5 Å². The molecule has 0 saturated carbocycles. The van der Waals surface area contributed by atoms with Crippen LogP contribution in [0.15, 0.2) is 12.1 Å². The van der Waals surface area contributed by atoms with E-state index >= 15 is 0 Å². The second-order valence-electron chi connectivity index (χ2n) is 5.24. The van der Waals surface area contributed by atoms with Gasteiger partial charge in [0, 0.05) is 12.6 Å². The number of nitrogens with one attached hydrogen (secondary N) is 1. The fraction of sp³-hybridized carbons (Fsp3) is 0.625. The molecule has 1 atom stereocenters. The lowest BCUT2D eigenvalue weighted by molar-refractivity contribution is 0.280. The molecule has 4 heteroatoms. The van der Waals surface area contributed by atoms with Crippen LogP contribution in [0.4, 0.5) is 0 Å². The fourth-order valence-electron chi connectivity index (χ4n) is 2.86. The number of benzene rings is 1. The van der Waals surface area contributed by atoms with Crippen LogP contribution in [0.25, 0.3) is 0 Å². The Morgan fingerprint density at radius 1 is 1.15 bits per heavy atom. The van der Waals surface area contributed by atoms with Crippen molar-refractivity contribution >= 4 is 0 Å². The van der Waals surface area contributed by atoms with Crippen LogP contribution in [0.2, 0.25) is 0 Å². The Hall–Kier alpha value is -1.26. The number of aliphatic hydroxyl groups excluding tert-OH is 1. The number of hydrogen-bond acceptors (Lipinski definition) is 4. The van der Waals surface area contributed by atoms with E-state index in [1.165, 1.54) is 11.1 Å². The molecule has 112 valence electrons. The lowest BCUT2D eigenvalue weighted by Gasteiger charge is -2.28. The average molecular weight is 279 g/mol. The molecule has 0 bridgehead atoms. The van der Waals surface area contributed by atoms with Crippen LogP contribution in [0.3, 0.4) is 0 Å². The minimum Gasteiger partial charge on any atom is -0.493 e. The molecule has 1 aromatic carbocycles. The second-order valence-corrected chi connectivity index (χ2v) is 5.24. The van der Waals surface area contributed by atoms with Crippen LogP contribution >= 0.6 is 0 Å². The molecule has 0 unspecified atom stereocenters. The molecule has 0 amide bonds. The first-order valence-electron chi connectivity index (χ1n) is 7.39. The zero-order valence-electron chi connectivity index (χ0n) is 12.4. The van der Waals surface area contributed by atoms with Gasteiger partial charge in [-0.15, -0.1) is 0 Å². The van der Waals surface area contributed by atoms with Crippen LogP contribution in [0.1, 0.15) is 42.9 Å². The van der Waals surface area contributed by atoms with Crippen molar-refractivity contribution in [2.75, 3.05) is 27.4 Å². The minimum atomic E-state index is 0.291. The summed E-state index contributed by atoms with van der Waals surface area (Å²) in [7, 11) is 3.36. The molecule has 0 saturated heterocycles. The van der Waals surface area contributed by atoms with E-state index < -0.39 is 0 Å². The van der Waals surface area contributed by atoms with Gasteiger partial charge in [0.2, 0.25) is 0 Å². The normalized spacial score (nSPS) is 17.6. The Morgan fingerprint density at radius 3 is 2.60 bits per heavy atom. The zero-order valence-corrected chi connectivity index (χ0v) is 12.4. The SMILES string of the molecule is COc1cc2c(cc1OC)[C@@H](CCCCCO)NCC2. The molecule has 0 aliphatic carbocycles. The number of hydrogen-bond donors (Lipinski definition) is 2. The van der Waals surface area contributed by atoms with E-state index in [4.69, 9.17) is 14.6 Å². The Bertz CT molecular complexity index is 434. The topological polar surface area (TPSA) is 50.7 Å². The van der Waals surface area contributed by atoms with Gasteiger partial charge < -0.3 is 19.9 Å². The third-order valence-electron chi connectivity index (χ3n) is 3.96. The standard InChI is InChI=1S/C16H25NO3/c1-19-15-10-12-7-8-17-14(6-4-3-5-9-18)13(12)11-16(15)20-2/h10-11,14,17-18H,3-9H2,1-2H3/t14-/m1/s1. The molecule has 20 heavy (non-hydrogen) atoms. The van der Waals surface area contributed by atoms with Crippen molar-refractivity contribution in [3.05, 3.63) is 23.3 Å². The summed E-state index contributed by atoms with van der Waals surface area (Å²) in [4.78, 5) is 0. The Balaban J connectivity index is 2.12. The summed E-state index contributed by atoms with van der Waals surface area (Å²) in [6, 6.07) is 4.60. The van der Waals surface area contributed by atoms with E-state index in [0.29, 0.717) is 12.6 Å². The molecular weight excluding hydrogens is 254 g/mol. The van der Waals surface area contributed by atoms with Crippen LogP contribution in [-0.2, 0) is 6.42 Å². The predicted octanol–water partition coefficient (Wildman–Crippen LogP) is 2.44. The highest BCUT2D eigenvalue weighted by molar-refractivity contribution is 5.49. The third kappa shape index (κ3) is 3.44. The van der Waals surface area contributed by atoms with E-state index in [1.54, 1.807) is 14.2 Å². The number of aliphatic hydroxyl groups is 1. The molecular formula is C16H25NO3. The molecule has 0 aromatic heterocycles. The highest BCUT2D eigenvalue weighted by atomic mass is 16.5. The maximum Gasteiger partial charge on any atom is 0.161 e. The van der Waals surface area contributed by atoms with Gasteiger partial charge in [0.05, 0.1) is 14.2 Å². The molecule has 1 aliphatic heterocycles. The van der Waals surface area contributed by atoms with E-state index in [9.17, 15) is 0 Å². The highest BCUT2D eigenvalue weighted by Crippen LogP contribution is 2.36. The van der Waals surface area contributed by atoms with Gasteiger partial charge in [-0.1, -0.05) is 12.8 Å². The van der Waals surface area contributed by atoms with Gasteiger partial charge in [0.1, 0.15) is 0 Å². The maximum atomic E-state index is 8.84. The molecule has 2 rings (SSSR count). The summed E-state index contributed by atoms with van der Waals surface area (Å²) in [5.74, 6) is 1.61. The largest absolute Gasteiger partial charge is 0.493 e. The summed E-state index contributed by atoms with van der Waals surface area (Å²) in [6.45, 7) is 1.30. The number of unbranched alkanes of at least 4 members (excludes halogenated alkanes) is 2. The Labute approximate surface area is 121 Å². The minimum absolute atomic E-state index is 0.291. The molecule has 1 aromatic rings. The fourth-order valence-corrected chi connectivity index (χ4v) is 2.86. The first-order chi connectivity index (χ1) is 9.80. The van der Waals surface area contributed by atoms with Crippen molar-refractivity contribution in [3.8, 4) is 11.5 Å². The Kier molecular flexibility index (Phi) is 5.68. The number of methoxy groups -OCH3 is 2. The van der Waals surface area contributed by atoms with Gasteiger partial charge in [-0.2, -0.15) is 0 Å². The van der Waals surface area contributed by atoms with Gasteiger partial charge in [-0.3, -0.25) is 0 Å². The van der Waals surface area contributed by atoms with Gasteiger partial charge in [-0.05, 0) is 49.1 Å². The zero-order chi connectivity index (χ0) is 14.4. The first kappa shape index (κ1) is 15.1. The van der Waals surface area contributed by atoms with Crippen LogP contribution in [0, 0.1) is 0 Å². The second kappa shape index (κ2) is 7.50. The molecule has 4 nitrogen and oxygen atoms in total. The van der Waals surface area contributed by atoms with Crippen molar-refractivity contribution in [1.29, 1.82) is 0 Å². The molecule has 0 fully saturated rings. The van der Waals surface area contributed by atoms with E-state index in [0.717, 1.165) is 50.1 Å². The van der Waals surface area contributed by atoms with Gasteiger partial charge in [0.15, 0.2) is 11.5 Å². The molecule has 1 aliphatic rings. The van der Waals surface area contributed by atoms with Crippen molar-refractivity contribution in [3.63, 3.8) is 0 Å². The molecule has 2 N–H and O–H groups in total. The monoisotopic (exact) mass is 279 g/mol. The van der Waals surface area contributed by atoms with Gasteiger partial charge in [0.25, 0.3) is 0 Å². The van der Waals surface area contributed by atoms with Crippen molar-refractivity contribution in [1.82, 2.24) is 5.32 Å². The summed E-state index contributed by atoms with van der Waals surface area (Å²) < 4.78 is 10.8. The van der Waals surface area contributed by atoms with Crippen molar-refractivity contribution < 1.29 is 14.6 Å². The number of rotatable bonds is 7. The summed E-state index contributed by atoms with van der Waals surface area (Å²) >= 11 is 0. The summed E-state index contributed by atoms with van der Waals surface area (Å²) in [6.07, 6.45) is 5.24. The first-order valence-corrected chi connectivity index (χ1v) is 7.39. The van der Waals surface area contributed by atoms with Gasteiger partial charge in [-0.25, -0.2) is 0 Å². The summed E-state index contributed by atoms with van der Waals surface area (Å²) in [5.41, 5.74) is 2.69. The third-order valence-corrected chi connectivity index (χ3v) is 3.96. The average Bonchev–Trinajstić information content (AvgIpc) is 2.50. The maximum absolute atomic E-state index is 8.84. The number of fused-ring (bicyclic) bond motifs is 1. The summed E-state index contributed by atoms with van der Waals surface area (Å²) in [5, 5.41) is 12.4. The quantitative estimate of drug-likeness (QED) is 0.753. The van der Waals surface area contributed by atoms with E-state index in [2.05, 4.69) is 17.4 Å². The van der Waals surface area contributed by atoms with E-state index in [1.807, 2.05) is 0 Å². The lowest BCUT2D eigenvalue weighted by Crippen LogP contribution is -2.29. The smallest absolute Gasteiger partial charge is 0.161 e. The van der Waals surface area contributed by atoms with Crippen LogP contribution < -0.4 is 14.8 Å². The van der Waals surface area contributed by atoms with Crippen molar-refractivity contribution in [2.24, 2.45) is 0 Å². The molecule has 0 spiro atoms. The Morgan fingerprint density at radius 2 is 1.90 bits per heavy atom. The van der Waals surface area contributed by atoms with Gasteiger partial charge >= 0.3 is 0 Å². The predicted molar refractivity (Wildman–Crippen MR) is 79.5 cm³/mol. The van der Waals surface area contributed by atoms with E-state index in [-0.39, 0.29) is 0 Å². The number of ether oxygens (including phenoxy) is 2. The lowest BCUT2D eigenvalue weighted by atomic mass is 9.90. The van der Waals surface area contributed by atoms with Crippen LogP contribution in [-0.4, -0.2) is 32.5 Å². The highest BCUT2D eigenvalue weighted by Gasteiger charge is 2.22. The molecule has 1 heterocycles. The van der Waals surface area contributed by atoms with Crippen molar-refractivity contribution in [2.45, 2.75) is 38.1 Å². The molecule has 0 radical (unpaired) electrons.